The fraction of sp³-hybridized carbons (Fsp3) is 0.667. The molecule has 0 bridgehead atoms. The molecule has 0 aliphatic heterocycles. The number of hydrogen-bond donors (Lipinski definition) is 1. The number of hydrogen-bond acceptors (Lipinski definition) is 2. The number of rotatable bonds is 6. The molecule has 2 N–H and O–H groups in total. The highest BCUT2D eigenvalue weighted by atomic mass is 15.1. The van der Waals surface area contributed by atoms with Crippen LogP contribution in [0.1, 0.15) is 56.1 Å². The zero-order valence-electron chi connectivity index (χ0n) is 13.1. The highest BCUT2D eigenvalue weighted by molar-refractivity contribution is 5.25. The SMILES string of the molecule is CC(CN)c1ccc(CN(C)CC2CCCCC2)cc1. The van der Waals surface area contributed by atoms with E-state index in [1.54, 1.807) is 0 Å². The Bertz CT molecular complexity index is 379. The van der Waals surface area contributed by atoms with Gasteiger partial charge in [-0.3, -0.25) is 0 Å². The van der Waals surface area contributed by atoms with Crippen molar-refractivity contribution in [3.63, 3.8) is 0 Å². The summed E-state index contributed by atoms with van der Waals surface area (Å²) in [4.78, 5) is 2.48. The van der Waals surface area contributed by atoms with E-state index in [1.807, 2.05) is 0 Å². The fourth-order valence-corrected chi connectivity index (χ4v) is 3.27. The van der Waals surface area contributed by atoms with Gasteiger partial charge in [-0.2, -0.15) is 0 Å². The van der Waals surface area contributed by atoms with Crippen LogP contribution in [0.15, 0.2) is 24.3 Å². The zero-order valence-corrected chi connectivity index (χ0v) is 13.1. The quantitative estimate of drug-likeness (QED) is 0.856. The molecule has 0 spiro atoms. The van der Waals surface area contributed by atoms with E-state index in [1.165, 1.54) is 49.8 Å². The van der Waals surface area contributed by atoms with E-state index < -0.39 is 0 Å². The average molecular weight is 274 g/mol. The first-order chi connectivity index (χ1) is 9.69. The second-order valence-corrected chi connectivity index (χ2v) is 6.58. The average Bonchev–Trinajstić information content (AvgIpc) is 2.48. The molecule has 0 saturated heterocycles. The predicted octanol–water partition coefficient (Wildman–Crippen LogP) is 3.76. The molecule has 1 saturated carbocycles. The van der Waals surface area contributed by atoms with Gasteiger partial charge in [0, 0.05) is 13.1 Å². The topological polar surface area (TPSA) is 29.3 Å². The van der Waals surface area contributed by atoms with Crippen molar-refractivity contribution in [1.82, 2.24) is 4.90 Å². The van der Waals surface area contributed by atoms with Crippen molar-refractivity contribution in [2.45, 2.75) is 51.5 Å². The lowest BCUT2D eigenvalue weighted by Crippen LogP contribution is -2.26. The van der Waals surface area contributed by atoms with Gasteiger partial charge in [0.15, 0.2) is 0 Å². The van der Waals surface area contributed by atoms with Crippen LogP contribution < -0.4 is 5.73 Å². The van der Waals surface area contributed by atoms with E-state index in [0.29, 0.717) is 5.92 Å². The van der Waals surface area contributed by atoms with Crippen molar-refractivity contribution in [2.75, 3.05) is 20.1 Å². The standard InChI is InChI=1S/C18H30N2/c1-15(12-19)18-10-8-17(9-11-18)14-20(2)13-16-6-4-3-5-7-16/h8-11,15-16H,3-7,12-14,19H2,1-2H3. The Hall–Kier alpha value is -0.860. The summed E-state index contributed by atoms with van der Waals surface area (Å²) in [6.45, 7) is 5.22. The molecule has 0 aromatic heterocycles. The van der Waals surface area contributed by atoms with Crippen LogP contribution in [0.3, 0.4) is 0 Å². The molecule has 0 radical (unpaired) electrons. The van der Waals surface area contributed by atoms with Gasteiger partial charge in [-0.05, 0) is 49.4 Å². The van der Waals surface area contributed by atoms with Gasteiger partial charge >= 0.3 is 0 Å². The Morgan fingerprint density at radius 3 is 2.40 bits per heavy atom. The molecule has 0 heterocycles. The predicted molar refractivity (Wildman–Crippen MR) is 86.8 cm³/mol. The van der Waals surface area contributed by atoms with Crippen LogP contribution in [0.4, 0.5) is 0 Å². The lowest BCUT2D eigenvalue weighted by molar-refractivity contribution is 0.228. The van der Waals surface area contributed by atoms with E-state index in [9.17, 15) is 0 Å². The van der Waals surface area contributed by atoms with Crippen molar-refractivity contribution in [3.8, 4) is 0 Å². The summed E-state index contributed by atoms with van der Waals surface area (Å²) < 4.78 is 0. The van der Waals surface area contributed by atoms with Crippen LogP contribution in [0.5, 0.6) is 0 Å². The number of nitrogens with two attached hydrogens (primary N) is 1. The van der Waals surface area contributed by atoms with Crippen molar-refractivity contribution < 1.29 is 0 Å². The molecule has 2 nitrogen and oxygen atoms in total. The molecule has 1 atom stereocenters. The molecule has 1 aliphatic rings. The summed E-state index contributed by atoms with van der Waals surface area (Å²) in [5, 5.41) is 0. The van der Waals surface area contributed by atoms with Gasteiger partial charge in [-0.1, -0.05) is 50.5 Å². The summed E-state index contributed by atoms with van der Waals surface area (Å²) in [5.41, 5.74) is 8.48. The molecule has 1 fully saturated rings. The summed E-state index contributed by atoms with van der Waals surface area (Å²) in [6.07, 6.45) is 7.17. The second-order valence-electron chi connectivity index (χ2n) is 6.58. The van der Waals surface area contributed by atoms with Gasteiger partial charge < -0.3 is 10.6 Å². The first kappa shape index (κ1) is 15.5. The maximum Gasteiger partial charge on any atom is 0.0230 e. The Balaban J connectivity index is 1.82. The third-order valence-corrected chi connectivity index (χ3v) is 4.65. The zero-order chi connectivity index (χ0) is 14.4. The largest absolute Gasteiger partial charge is 0.330 e. The summed E-state index contributed by atoms with van der Waals surface area (Å²) in [5.74, 6) is 1.38. The van der Waals surface area contributed by atoms with Crippen LogP contribution >= 0.6 is 0 Å². The van der Waals surface area contributed by atoms with E-state index in [-0.39, 0.29) is 0 Å². The Kier molecular flexibility index (Phi) is 6.06. The van der Waals surface area contributed by atoms with Crippen LogP contribution in [0.25, 0.3) is 0 Å². The van der Waals surface area contributed by atoms with Crippen molar-refractivity contribution in [3.05, 3.63) is 35.4 Å². The summed E-state index contributed by atoms with van der Waals surface area (Å²) >= 11 is 0. The summed E-state index contributed by atoms with van der Waals surface area (Å²) in [6, 6.07) is 9.00. The maximum absolute atomic E-state index is 5.72. The molecule has 1 aliphatic carbocycles. The van der Waals surface area contributed by atoms with Crippen molar-refractivity contribution in [2.24, 2.45) is 11.7 Å². The smallest absolute Gasteiger partial charge is 0.0230 e. The third-order valence-electron chi connectivity index (χ3n) is 4.65. The third kappa shape index (κ3) is 4.60. The molecule has 112 valence electrons. The number of benzene rings is 1. The normalized spacial score (nSPS) is 18.4. The van der Waals surface area contributed by atoms with Gasteiger partial charge in [-0.15, -0.1) is 0 Å². The van der Waals surface area contributed by atoms with Gasteiger partial charge in [-0.25, -0.2) is 0 Å². The van der Waals surface area contributed by atoms with Crippen LogP contribution in [-0.4, -0.2) is 25.0 Å². The van der Waals surface area contributed by atoms with Crippen LogP contribution in [-0.2, 0) is 6.54 Å². The Labute approximate surface area is 124 Å². The van der Waals surface area contributed by atoms with Gasteiger partial charge in [0.2, 0.25) is 0 Å². The molecular weight excluding hydrogens is 244 g/mol. The molecule has 1 unspecified atom stereocenters. The summed E-state index contributed by atoms with van der Waals surface area (Å²) in [7, 11) is 2.25. The van der Waals surface area contributed by atoms with Crippen molar-refractivity contribution in [1.29, 1.82) is 0 Å². The second kappa shape index (κ2) is 7.80. The number of nitrogens with zero attached hydrogens (tertiary/aromatic N) is 1. The first-order valence-corrected chi connectivity index (χ1v) is 8.16. The highest BCUT2D eigenvalue weighted by Crippen LogP contribution is 2.24. The van der Waals surface area contributed by atoms with Gasteiger partial charge in [0.25, 0.3) is 0 Å². The lowest BCUT2D eigenvalue weighted by atomic mass is 9.89. The minimum Gasteiger partial charge on any atom is -0.330 e. The van der Waals surface area contributed by atoms with Gasteiger partial charge in [0.1, 0.15) is 0 Å². The Morgan fingerprint density at radius 1 is 1.15 bits per heavy atom. The van der Waals surface area contributed by atoms with Crippen LogP contribution in [0.2, 0.25) is 0 Å². The first-order valence-electron chi connectivity index (χ1n) is 8.16. The van der Waals surface area contributed by atoms with Crippen molar-refractivity contribution >= 4 is 0 Å². The molecule has 2 rings (SSSR count). The van der Waals surface area contributed by atoms with Crippen LogP contribution in [0, 0.1) is 5.92 Å². The van der Waals surface area contributed by atoms with Gasteiger partial charge in [0.05, 0.1) is 0 Å². The molecule has 2 heteroatoms. The molecule has 1 aromatic carbocycles. The monoisotopic (exact) mass is 274 g/mol. The fourth-order valence-electron chi connectivity index (χ4n) is 3.27. The minimum atomic E-state index is 0.462. The minimum absolute atomic E-state index is 0.462. The van der Waals surface area contributed by atoms with E-state index in [2.05, 4.69) is 43.1 Å². The van der Waals surface area contributed by atoms with E-state index >= 15 is 0 Å². The Morgan fingerprint density at radius 2 is 1.80 bits per heavy atom. The lowest BCUT2D eigenvalue weighted by Gasteiger charge is -2.27. The molecule has 20 heavy (non-hydrogen) atoms. The van der Waals surface area contributed by atoms with E-state index in [4.69, 9.17) is 5.73 Å². The molecule has 1 aromatic rings. The molecular formula is C18H30N2. The highest BCUT2D eigenvalue weighted by Gasteiger charge is 2.15. The maximum atomic E-state index is 5.72. The molecule has 0 amide bonds. The van der Waals surface area contributed by atoms with E-state index in [0.717, 1.165) is 19.0 Å².